The Kier molecular flexibility index (Phi) is 3.28. The number of nitrogens with zero attached hydrogens (tertiary/aromatic N) is 2. The maximum atomic E-state index is 11.8. The van der Waals surface area contributed by atoms with Gasteiger partial charge in [-0.15, -0.1) is 0 Å². The first kappa shape index (κ1) is 11.9. The molecule has 1 saturated heterocycles. The molecule has 0 saturated carbocycles. The molecule has 0 bridgehead atoms. The predicted molar refractivity (Wildman–Crippen MR) is 63.6 cm³/mol. The van der Waals surface area contributed by atoms with Crippen LogP contribution in [-0.2, 0) is 9.59 Å². The van der Waals surface area contributed by atoms with Crippen molar-refractivity contribution in [3.63, 3.8) is 0 Å². The molecule has 1 aliphatic rings. The van der Waals surface area contributed by atoms with E-state index < -0.39 is 0 Å². The Bertz CT molecular complexity index is 458. The van der Waals surface area contributed by atoms with Crippen LogP contribution in [0, 0.1) is 5.92 Å². The van der Waals surface area contributed by atoms with Gasteiger partial charge >= 0.3 is 0 Å². The summed E-state index contributed by atoms with van der Waals surface area (Å²) >= 11 is 5.71. The minimum atomic E-state index is -0.133. The van der Waals surface area contributed by atoms with E-state index in [0.717, 1.165) is 0 Å². The van der Waals surface area contributed by atoms with Crippen molar-refractivity contribution in [3.8, 4) is 0 Å². The molecule has 17 heavy (non-hydrogen) atoms. The second-order valence-electron chi connectivity index (χ2n) is 3.98. The molecule has 90 valence electrons. The fourth-order valence-corrected chi connectivity index (χ4v) is 1.80. The molecule has 1 aromatic heterocycles. The summed E-state index contributed by atoms with van der Waals surface area (Å²) in [4.78, 5) is 28.2. The Hall–Kier alpha value is -1.62. The fourth-order valence-electron chi connectivity index (χ4n) is 1.63. The third-order valence-corrected chi connectivity index (χ3v) is 2.90. The lowest BCUT2D eigenvalue weighted by atomic mass is 9.99. The summed E-state index contributed by atoms with van der Waals surface area (Å²) in [6.45, 7) is 2.47. The summed E-state index contributed by atoms with van der Waals surface area (Å²) in [6, 6.07) is 3.26. The second-order valence-corrected chi connectivity index (χ2v) is 4.36. The van der Waals surface area contributed by atoms with E-state index >= 15 is 0 Å². The van der Waals surface area contributed by atoms with Crippen molar-refractivity contribution in [2.75, 3.05) is 18.4 Å². The van der Waals surface area contributed by atoms with Gasteiger partial charge in [0.15, 0.2) is 0 Å². The van der Waals surface area contributed by atoms with E-state index in [1.54, 1.807) is 17.0 Å². The second kappa shape index (κ2) is 4.71. The highest BCUT2D eigenvalue weighted by molar-refractivity contribution is 6.29. The molecule has 0 radical (unpaired) electrons. The molecule has 0 aliphatic carbocycles. The minimum Gasteiger partial charge on any atom is -0.341 e. The fraction of sp³-hybridized carbons (Fsp3) is 0.364. The Labute approximate surface area is 104 Å². The van der Waals surface area contributed by atoms with Gasteiger partial charge in [-0.3, -0.25) is 9.59 Å². The summed E-state index contributed by atoms with van der Waals surface area (Å²) in [7, 11) is 0. The number of carbonyl (C=O) groups is 2. The highest BCUT2D eigenvalue weighted by Gasteiger charge is 2.33. The zero-order valence-electron chi connectivity index (χ0n) is 9.31. The molecular weight excluding hydrogens is 242 g/mol. The number of carbonyl (C=O) groups excluding carboxylic acids is 2. The normalized spacial score (nSPS) is 15.3. The van der Waals surface area contributed by atoms with Crippen LogP contribution in [0.5, 0.6) is 0 Å². The van der Waals surface area contributed by atoms with Gasteiger partial charge in [-0.25, -0.2) is 4.98 Å². The summed E-state index contributed by atoms with van der Waals surface area (Å²) in [5, 5.41) is 3.08. The molecular formula is C11H12ClN3O2. The van der Waals surface area contributed by atoms with Crippen molar-refractivity contribution in [2.24, 2.45) is 5.92 Å². The Morgan fingerprint density at radius 2 is 2.24 bits per heavy atom. The Morgan fingerprint density at radius 1 is 1.53 bits per heavy atom. The molecule has 1 fully saturated rings. The van der Waals surface area contributed by atoms with Crippen molar-refractivity contribution in [1.82, 2.24) is 9.88 Å². The molecule has 2 amide bonds. The lowest BCUT2D eigenvalue weighted by Crippen LogP contribution is -2.53. The van der Waals surface area contributed by atoms with Gasteiger partial charge in [0.1, 0.15) is 5.15 Å². The smallest absolute Gasteiger partial charge is 0.231 e. The van der Waals surface area contributed by atoms with Crippen LogP contribution in [0.25, 0.3) is 0 Å². The Morgan fingerprint density at radius 3 is 2.82 bits per heavy atom. The van der Waals surface area contributed by atoms with Gasteiger partial charge in [0.25, 0.3) is 0 Å². The van der Waals surface area contributed by atoms with Crippen molar-refractivity contribution >= 4 is 29.1 Å². The number of likely N-dealkylation sites (tertiary alicyclic amines) is 1. The molecule has 0 spiro atoms. The van der Waals surface area contributed by atoms with Crippen LogP contribution >= 0.6 is 11.6 Å². The summed E-state index contributed by atoms with van der Waals surface area (Å²) in [5.41, 5.74) is 0.622. The lowest BCUT2D eigenvalue weighted by Gasteiger charge is -2.37. The maximum Gasteiger partial charge on any atom is 0.231 e. The Balaban J connectivity index is 1.89. The third kappa shape index (κ3) is 2.74. The number of halogens is 1. The average molecular weight is 254 g/mol. The molecule has 0 aromatic carbocycles. The average Bonchev–Trinajstić information content (AvgIpc) is 2.13. The van der Waals surface area contributed by atoms with Gasteiger partial charge in [0.05, 0.1) is 5.92 Å². The third-order valence-electron chi connectivity index (χ3n) is 2.69. The van der Waals surface area contributed by atoms with Crippen molar-refractivity contribution in [1.29, 1.82) is 0 Å². The van der Waals surface area contributed by atoms with Crippen LogP contribution in [-0.4, -0.2) is 34.8 Å². The van der Waals surface area contributed by atoms with Crippen LogP contribution in [0.2, 0.25) is 5.15 Å². The van der Waals surface area contributed by atoms with Gasteiger partial charge in [0, 0.05) is 31.9 Å². The number of anilines is 1. The number of pyridine rings is 1. The van der Waals surface area contributed by atoms with E-state index in [9.17, 15) is 9.59 Å². The standard InChI is InChI=1S/C11H12ClN3O2/c1-7(16)15-5-8(6-15)11(17)14-9-2-3-13-10(12)4-9/h2-4,8H,5-6H2,1H3,(H,13,14,17). The monoisotopic (exact) mass is 253 g/mol. The number of aromatic nitrogens is 1. The van der Waals surface area contributed by atoms with Gasteiger partial charge in [-0.2, -0.15) is 0 Å². The van der Waals surface area contributed by atoms with Crippen LogP contribution in [0.3, 0.4) is 0 Å². The van der Waals surface area contributed by atoms with Crippen molar-refractivity contribution < 1.29 is 9.59 Å². The molecule has 1 aromatic rings. The number of hydrogen-bond donors (Lipinski definition) is 1. The molecule has 1 aliphatic heterocycles. The quantitative estimate of drug-likeness (QED) is 0.805. The topological polar surface area (TPSA) is 62.3 Å². The predicted octanol–water partition coefficient (Wildman–Crippen LogP) is 1.15. The summed E-state index contributed by atoms with van der Waals surface area (Å²) in [6.07, 6.45) is 1.53. The molecule has 0 atom stereocenters. The van der Waals surface area contributed by atoms with Crippen LogP contribution in [0.15, 0.2) is 18.3 Å². The first-order valence-electron chi connectivity index (χ1n) is 5.24. The van der Waals surface area contributed by atoms with Crippen molar-refractivity contribution in [2.45, 2.75) is 6.92 Å². The highest BCUT2D eigenvalue weighted by Crippen LogP contribution is 2.19. The molecule has 0 unspecified atom stereocenters. The van der Waals surface area contributed by atoms with E-state index in [1.165, 1.54) is 13.1 Å². The van der Waals surface area contributed by atoms with E-state index in [-0.39, 0.29) is 17.7 Å². The SMILES string of the molecule is CC(=O)N1CC(C(=O)Nc2ccnc(Cl)c2)C1. The zero-order valence-corrected chi connectivity index (χ0v) is 10.1. The zero-order chi connectivity index (χ0) is 12.4. The largest absolute Gasteiger partial charge is 0.341 e. The first-order chi connectivity index (χ1) is 8.06. The van der Waals surface area contributed by atoms with Crippen LogP contribution in [0.1, 0.15) is 6.92 Å². The molecule has 5 nitrogen and oxygen atoms in total. The molecule has 6 heteroatoms. The molecule has 2 heterocycles. The number of rotatable bonds is 2. The van der Waals surface area contributed by atoms with E-state index in [2.05, 4.69) is 10.3 Å². The number of nitrogens with one attached hydrogen (secondary N) is 1. The first-order valence-corrected chi connectivity index (χ1v) is 5.62. The van der Waals surface area contributed by atoms with Gasteiger partial charge in [-0.1, -0.05) is 11.6 Å². The van der Waals surface area contributed by atoms with Gasteiger partial charge < -0.3 is 10.2 Å². The van der Waals surface area contributed by atoms with E-state index in [1.807, 2.05) is 0 Å². The van der Waals surface area contributed by atoms with E-state index in [0.29, 0.717) is 23.9 Å². The van der Waals surface area contributed by atoms with Crippen molar-refractivity contribution in [3.05, 3.63) is 23.5 Å². The molecule has 2 rings (SSSR count). The van der Waals surface area contributed by atoms with Gasteiger partial charge in [-0.05, 0) is 12.1 Å². The summed E-state index contributed by atoms with van der Waals surface area (Å²) < 4.78 is 0. The molecule has 1 N–H and O–H groups in total. The maximum absolute atomic E-state index is 11.8. The number of amides is 2. The van der Waals surface area contributed by atoms with Crippen LogP contribution < -0.4 is 5.32 Å². The van der Waals surface area contributed by atoms with Gasteiger partial charge in [0.2, 0.25) is 11.8 Å². The highest BCUT2D eigenvalue weighted by atomic mass is 35.5. The summed E-state index contributed by atoms with van der Waals surface area (Å²) in [5.74, 6) is -0.225. The minimum absolute atomic E-state index is 0.000931. The lowest BCUT2D eigenvalue weighted by molar-refractivity contribution is -0.139. The van der Waals surface area contributed by atoms with E-state index in [4.69, 9.17) is 11.6 Å². The van der Waals surface area contributed by atoms with Crippen LogP contribution in [0.4, 0.5) is 5.69 Å². The number of hydrogen-bond acceptors (Lipinski definition) is 3.